The normalized spacial score (nSPS) is 12.0. The molecule has 4 heteroatoms. The van der Waals surface area contributed by atoms with Crippen molar-refractivity contribution in [2.75, 3.05) is 0 Å². The molecule has 0 radical (unpaired) electrons. The number of nitriles is 1. The Hall–Kier alpha value is -1.08. The maximum Gasteiger partial charge on any atom is 0.320 e. The van der Waals surface area contributed by atoms with Gasteiger partial charge in [0.25, 0.3) is 0 Å². The predicted molar refractivity (Wildman–Crippen MR) is 39.7 cm³/mol. The Kier molecular flexibility index (Phi) is 5.13. The molecule has 62 valence electrons. The van der Waals surface area contributed by atoms with Gasteiger partial charge in [-0.15, -0.1) is 0 Å². The fourth-order valence-electron chi connectivity index (χ4n) is 0.692. The van der Waals surface area contributed by atoms with Crippen LogP contribution >= 0.6 is 0 Å². The zero-order valence-electron chi connectivity index (χ0n) is 6.29. The summed E-state index contributed by atoms with van der Waals surface area (Å²) in [6, 6.07) is 1.21. The average molecular weight is 156 g/mol. The van der Waals surface area contributed by atoms with Crippen molar-refractivity contribution in [3.05, 3.63) is 0 Å². The Morgan fingerprint density at radius 2 is 2.27 bits per heavy atom. The highest BCUT2D eigenvalue weighted by atomic mass is 16.4. The van der Waals surface area contributed by atoms with Gasteiger partial charge in [-0.3, -0.25) is 4.79 Å². The molecule has 0 saturated carbocycles. The van der Waals surface area contributed by atoms with Gasteiger partial charge in [-0.2, -0.15) is 5.26 Å². The zero-order chi connectivity index (χ0) is 8.69. The second-order valence-corrected chi connectivity index (χ2v) is 2.35. The van der Waals surface area contributed by atoms with Gasteiger partial charge in [-0.1, -0.05) is 6.42 Å². The van der Waals surface area contributed by atoms with Crippen LogP contribution in [-0.2, 0) is 4.79 Å². The highest BCUT2D eigenvalue weighted by Gasteiger charge is 2.09. The maximum atomic E-state index is 10.2. The van der Waals surface area contributed by atoms with Crippen LogP contribution in [0.2, 0.25) is 0 Å². The molecule has 0 heterocycles. The third kappa shape index (κ3) is 5.37. The number of carboxylic acid groups (broad SMARTS) is 1. The largest absolute Gasteiger partial charge is 0.480 e. The molecule has 0 aromatic rings. The van der Waals surface area contributed by atoms with Crippen LogP contribution in [0.5, 0.6) is 0 Å². The number of hydrogen-bond donors (Lipinski definition) is 2. The monoisotopic (exact) mass is 156 g/mol. The summed E-state index contributed by atoms with van der Waals surface area (Å²) in [7, 11) is 0. The standard InChI is InChI=1S/C7H12N2O2/c8-5-3-1-2-4-6(9)7(10)11/h6H,1-4,9H2,(H,10,11). The van der Waals surface area contributed by atoms with Crippen LogP contribution < -0.4 is 5.73 Å². The molecule has 0 spiro atoms. The number of rotatable bonds is 5. The van der Waals surface area contributed by atoms with Crippen LogP contribution in [0.4, 0.5) is 0 Å². The SMILES string of the molecule is N#CCCCCC(N)C(=O)O. The third-order valence-corrected chi connectivity index (χ3v) is 1.37. The fraction of sp³-hybridized carbons (Fsp3) is 0.714. The minimum atomic E-state index is -0.970. The summed E-state index contributed by atoms with van der Waals surface area (Å²) in [5.74, 6) is -0.970. The van der Waals surface area contributed by atoms with Crippen molar-refractivity contribution in [1.82, 2.24) is 0 Å². The number of carbonyl (C=O) groups is 1. The molecule has 0 aliphatic carbocycles. The van der Waals surface area contributed by atoms with E-state index in [1.807, 2.05) is 6.07 Å². The van der Waals surface area contributed by atoms with E-state index in [2.05, 4.69) is 0 Å². The van der Waals surface area contributed by atoms with Crippen LogP contribution in [0, 0.1) is 11.3 Å². The van der Waals surface area contributed by atoms with Crippen molar-refractivity contribution in [2.45, 2.75) is 31.7 Å². The summed E-state index contributed by atoms with van der Waals surface area (Å²) in [6.45, 7) is 0. The smallest absolute Gasteiger partial charge is 0.320 e. The molecule has 0 aliphatic rings. The molecule has 3 N–H and O–H groups in total. The van der Waals surface area contributed by atoms with Gasteiger partial charge in [-0.25, -0.2) is 0 Å². The van der Waals surface area contributed by atoms with E-state index >= 15 is 0 Å². The van der Waals surface area contributed by atoms with E-state index in [0.717, 1.165) is 6.42 Å². The summed E-state index contributed by atoms with van der Waals surface area (Å²) < 4.78 is 0. The first-order valence-corrected chi connectivity index (χ1v) is 3.54. The minimum Gasteiger partial charge on any atom is -0.480 e. The summed E-state index contributed by atoms with van der Waals surface area (Å²) >= 11 is 0. The van der Waals surface area contributed by atoms with E-state index in [-0.39, 0.29) is 0 Å². The van der Waals surface area contributed by atoms with Crippen LogP contribution in [0.3, 0.4) is 0 Å². The lowest BCUT2D eigenvalue weighted by Crippen LogP contribution is -2.29. The quantitative estimate of drug-likeness (QED) is 0.567. The Morgan fingerprint density at radius 3 is 2.73 bits per heavy atom. The fourth-order valence-corrected chi connectivity index (χ4v) is 0.692. The Morgan fingerprint density at radius 1 is 1.64 bits per heavy atom. The Labute approximate surface area is 65.6 Å². The lowest BCUT2D eigenvalue weighted by molar-refractivity contribution is -0.138. The van der Waals surface area contributed by atoms with E-state index < -0.39 is 12.0 Å². The van der Waals surface area contributed by atoms with Crippen LogP contribution in [-0.4, -0.2) is 17.1 Å². The Bertz CT molecular complexity index is 162. The molecule has 1 atom stereocenters. The lowest BCUT2D eigenvalue weighted by atomic mass is 10.1. The van der Waals surface area contributed by atoms with Gasteiger partial charge in [0.15, 0.2) is 0 Å². The van der Waals surface area contributed by atoms with Gasteiger partial charge in [0.2, 0.25) is 0 Å². The number of nitrogens with zero attached hydrogens (tertiary/aromatic N) is 1. The first kappa shape index (κ1) is 9.92. The van der Waals surface area contributed by atoms with Crippen molar-refractivity contribution in [3.8, 4) is 6.07 Å². The number of unbranched alkanes of at least 4 members (excludes halogenated alkanes) is 2. The molecule has 0 rings (SSSR count). The van der Waals surface area contributed by atoms with E-state index in [1.54, 1.807) is 0 Å². The lowest BCUT2D eigenvalue weighted by Gasteiger charge is -2.03. The predicted octanol–water partition coefficient (Wildman–Crippen LogP) is 0.482. The summed E-state index contributed by atoms with van der Waals surface area (Å²) in [5.41, 5.74) is 5.22. The van der Waals surface area contributed by atoms with Crippen LogP contribution in [0.25, 0.3) is 0 Å². The van der Waals surface area contributed by atoms with Gasteiger partial charge in [0, 0.05) is 6.42 Å². The van der Waals surface area contributed by atoms with E-state index in [4.69, 9.17) is 16.1 Å². The average Bonchev–Trinajstić information content (AvgIpc) is 1.97. The highest BCUT2D eigenvalue weighted by molar-refractivity contribution is 5.72. The topological polar surface area (TPSA) is 87.1 Å². The molecular weight excluding hydrogens is 144 g/mol. The second kappa shape index (κ2) is 5.69. The van der Waals surface area contributed by atoms with Crippen molar-refractivity contribution >= 4 is 5.97 Å². The van der Waals surface area contributed by atoms with Crippen molar-refractivity contribution < 1.29 is 9.90 Å². The van der Waals surface area contributed by atoms with Crippen LogP contribution in [0.1, 0.15) is 25.7 Å². The number of carboxylic acids is 1. The van der Waals surface area contributed by atoms with Crippen molar-refractivity contribution in [3.63, 3.8) is 0 Å². The highest BCUT2D eigenvalue weighted by Crippen LogP contribution is 2.01. The van der Waals surface area contributed by atoms with Gasteiger partial charge in [0.1, 0.15) is 6.04 Å². The molecule has 1 unspecified atom stereocenters. The molecule has 0 amide bonds. The van der Waals surface area contributed by atoms with E-state index in [1.165, 1.54) is 0 Å². The van der Waals surface area contributed by atoms with Crippen molar-refractivity contribution in [2.24, 2.45) is 5.73 Å². The molecule has 0 saturated heterocycles. The molecule has 0 fully saturated rings. The number of nitrogens with two attached hydrogens (primary N) is 1. The first-order chi connectivity index (χ1) is 5.18. The zero-order valence-corrected chi connectivity index (χ0v) is 6.29. The molecule has 0 aliphatic heterocycles. The van der Waals surface area contributed by atoms with Crippen molar-refractivity contribution in [1.29, 1.82) is 5.26 Å². The van der Waals surface area contributed by atoms with Crippen LogP contribution in [0.15, 0.2) is 0 Å². The number of aliphatic carboxylic acids is 1. The Balaban J connectivity index is 3.26. The molecule has 4 nitrogen and oxygen atoms in total. The van der Waals surface area contributed by atoms with Gasteiger partial charge in [-0.05, 0) is 12.8 Å². The van der Waals surface area contributed by atoms with Gasteiger partial charge >= 0.3 is 5.97 Å². The van der Waals surface area contributed by atoms with E-state index in [0.29, 0.717) is 19.3 Å². The summed E-state index contributed by atoms with van der Waals surface area (Å²) in [4.78, 5) is 10.2. The molecule has 11 heavy (non-hydrogen) atoms. The van der Waals surface area contributed by atoms with Gasteiger partial charge < -0.3 is 10.8 Å². The molecule has 0 aromatic heterocycles. The van der Waals surface area contributed by atoms with E-state index in [9.17, 15) is 4.79 Å². The molecular formula is C7H12N2O2. The van der Waals surface area contributed by atoms with Gasteiger partial charge in [0.05, 0.1) is 6.07 Å². The molecule has 0 bridgehead atoms. The second-order valence-electron chi connectivity index (χ2n) is 2.35. The third-order valence-electron chi connectivity index (χ3n) is 1.37. The minimum absolute atomic E-state index is 0.455. The summed E-state index contributed by atoms with van der Waals surface area (Å²) in [6.07, 6.45) is 2.38. The molecule has 0 aromatic carbocycles. The maximum absolute atomic E-state index is 10.2. The summed E-state index contributed by atoms with van der Waals surface area (Å²) in [5, 5.41) is 16.5. The first-order valence-electron chi connectivity index (χ1n) is 3.54. The number of hydrogen-bond acceptors (Lipinski definition) is 3.